The zero-order valence-electron chi connectivity index (χ0n) is 12.4. The average Bonchev–Trinajstić information content (AvgIpc) is 3.09. The molecule has 0 bridgehead atoms. The number of halogens is 1. The van der Waals surface area contributed by atoms with E-state index in [9.17, 15) is 5.11 Å². The van der Waals surface area contributed by atoms with Crippen LogP contribution in [-0.4, -0.2) is 35.1 Å². The second-order valence-corrected chi connectivity index (χ2v) is 5.56. The van der Waals surface area contributed by atoms with Crippen LogP contribution in [0.3, 0.4) is 0 Å². The lowest BCUT2D eigenvalue weighted by Crippen LogP contribution is -2.03. The predicted molar refractivity (Wildman–Crippen MR) is 91.5 cm³/mol. The number of aliphatic hydroxyl groups is 1. The monoisotopic (exact) mass is 341 g/mol. The van der Waals surface area contributed by atoms with E-state index in [0.29, 0.717) is 27.7 Å². The topological polar surface area (TPSA) is 105 Å². The molecule has 4 aromatic rings. The normalized spacial score (nSPS) is 11.2. The quantitative estimate of drug-likeness (QED) is 0.492. The van der Waals surface area contributed by atoms with Crippen molar-refractivity contribution < 1.29 is 5.11 Å². The fourth-order valence-electron chi connectivity index (χ4n) is 2.45. The molecule has 0 aliphatic rings. The molecule has 0 saturated heterocycles. The summed E-state index contributed by atoms with van der Waals surface area (Å²) >= 11 is 6.16. The Morgan fingerprint density at radius 3 is 3.12 bits per heavy atom. The molecule has 0 atom stereocenters. The van der Waals surface area contributed by atoms with Crippen molar-refractivity contribution in [1.29, 1.82) is 0 Å². The number of hydrogen-bond acceptors (Lipinski definition) is 6. The molecule has 0 aliphatic carbocycles. The summed E-state index contributed by atoms with van der Waals surface area (Å²) in [6.45, 7) is 3.59. The number of fused-ring (bicyclic) bond motifs is 2. The van der Waals surface area contributed by atoms with Gasteiger partial charge in [-0.05, 0) is 18.2 Å². The maximum absolute atomic E-state index is 9.34. The molecule has 0 spiro atoms. The molecule has 9 heteroatoms. The fourth-order valence-corrected chi connectivity index (χ4v) is 2.68. The Morgan fingerprint density at radius 2 is 2.29 bits per heavy atom. The smallest absolute Gasteiger partial charge is 0.178 e. The molecule has 8 nitrogen and oxygen atoms in total. The predicted octanol–water partition coefficient (Wildman–Crippen LogP) is 3.17. The molecule has 0 fully saturated rings. The molecular weight excluding hydrogens is 330 g/mol. The van der Waals surface area contributed by atoms with Gasteiger partial charge in [0.05, 0.1) is 29.3 Å². The minimum absolute atomic E-state index is 0.0193. The number of nitrogens with zero attached hydrogens (tertiary/aromatic N) is 5. The number of pyridine rings is 2. The summed E-state index contributed by atoms with van der Waals surface area (Å²) in [5.41, 5.74) is 2.83. The number of allylic oxidation sites excluding steroid dienone is 1. The van der Waals surface area contributed by atoms with Gasteiger partial charge in [0.15, 0.2) is 16.6 Å². The third-order valence-corrected chi connectivity index (χ3v) is 3.74. The van der Waals surface area contributed by atoms with Crippen LogP contribution in [-0.2, 0) is 6.54 Å². The molecule has 0 aromatic carbocycles. The number of rotatable bonds is 4. The number of H-pyrrole nitrogens is 1. The maximum atomic E-state index is 9.34. The first kappa shape index (κ1) is 14.5. The number of nitrogens with one attached hydrogen (secondary N) is 2. The van der Waals surface area contributed by atoms with Crippen LogP contribution in [0, 0.1) is 0 Å². The first-order chi connectivity index (χ1) is 11.6. The zero-order chi connectivity index (χ0) is 16.7. The lowest BCUT2D eigenvalue weighted by Gasteiger charge is -2.04. The van der Waals surface area contributed by atoms with Crippen LogP contribution in [0.15, 0.2) is 42.9 Å². The highest BCUT2D eigenvalue weighted by molar-refractivity contribution is 6.34. The van der Waals surface area contributed by atoms with Crippen molar-refractivity contribution >= 4 is 45.2 Å². The molecule has 0 radical (unpaired) electrons. The van der Waals surface area contributed by atoms with Gasteiger partial charge in [0.2, 0.25) is 0 Å². The van der Waals surface area contributed by atoms with Crippen LogP contribution in [0.5, 0.6) is 0 Å². The molecule has 24 heavy (non-hydrogen) atoms. The van der Waals surface area contributed by atoms with E-state index < -0.39 is 0 Å². The van der Waals surface area contributed by atoms with Crippen molar-refractivity contribution in [3.05, 3.63) is 48.1 Å². The molecule has 0 amide bonds. The average molecular weight is 342 g/mol. The van der Waals surface area contributed by atoms with Gasteiger partial charge in [-0.3, -0.25) is 10.1 Å². The van der Waals surface area contributed by atoms with Crippen LogP contribution in [0.4, 0.5) is 11.5 Å². The van der Waals surface area contributed by atoms with E-state index in [0.717, 1.165) is 11.0 Å². The second-order valence-electron chi connectivity index (χ2n) is 5.21. The highest BCUT2D eigenvalue weighted by Crippen LogP contribution is 2.27. The van der Waals surface area contributed by atoms with Crippen molar-refractivity contribution in [1.82, 2.24) is 29.9 Å². The summed E-state index contributed by atoms with van der Waals surface area (Å²) in [5, 5.41) is 24.7. The Hall–Kier alpha value is -3.13. The van der Waals surface area contributed by atoms with Crippen LogP contribution < -0.4 is 5.32 Å². The molecule has 4 aromatic heterocycles. The van der Waals surface area contributed by atoms with Crippen LogP contribution in [0.25, 0.3) is 22.1 Å². The molecule has 0 aliphatic heterocycles. The number of aliphatic hydroxyl groups excluding tert-OH is 1. The third kappa shape index (κ3) is 2.42. The summed E-state index contributed by atoms with van der Waals surface area (Å²) in [7, 11) is 0. The van der Waals surface area contributed by atoms with Crippen LogP contribution in [0.1, 0.15) is 0 Å². The Bertz CT molecular complexity index is 1070. The number of anilines is 2. The molecule has 0 saturated carbocycles. The zero-order valence-corrected chi connectivity index (χ0v) is 13.1. The van der Waals surface area contributed by atoms with E-state index in [1.165, 1.54) is 4.68 Å². The van der Waals surface area contributed by atoms with E-state index in [1.807, 2.05) is 18.2 Å². The molecule has 3 N–H and O–H groups in total. The Morgan fingerprint density at radius 1 is 1.42 bits per heavy atom. The van der Waals surface area contributed by atoms with E-state index in [4.69, 9.17) is 11.6 Å². The van der Waals surface area contributed by atoms with Gasteiger partial charge in [-0.15, -0.1) is 0 Å². The number of hydrogen-bond donors (Lipinski definition) is 3. The Kier molecular flexibility index (Phi) is 3.31. The van der Waals surface area contributed by atoms with Crippen molar-refractivity contribution in [2.75, 3.05) is 5.32 Å². The largest absolute Gasteiger partial charge is 0.511 e. The van der Waals surface area contributed by atoms with Gasteiger partial charge in [-0.25, -0.2) is 9.67 Å². The van der Waals surface area contributed by atoms with Gasteiger partial charge < -0.3 is 10.4 Å². The lowest BCUT2D eigenvalue weighted by atomic mass is 10.3. The van der Waals surface area contributed by atoms with E-state index >= 15 is 0 Å². The lowest BCUT2D eigenvalue weighted by molar-refractivity contribution is 0.373. The van der Waals surface area contributed by atoms with Crippen molar-refractivity contribution in [2.24, 2.45) is 0 Å². The Labute approximate surface area is 140 Å². The van der Waals surface area contributed by atoms with Gasteiger partial charge in [-0.1, -0.05) is 18.2 Å². The summed E-state index contributed by atoms with van der Waals surface area (Å²) in [6, 6.07) is 5.55. The minimum Gasteiger partial charge on any atom is -0.511 e. The third-order valence-electron chi connectivity index (χ3n) is 3.46. The Balaban J connectivity index is 1.73. The van der Waals surface area contributed by atoms with Crippen molar-refractivity contribution in [3.63, 3.8) is 0 Å². The standard InChI is InChI=1S/C15H12ClN7O/c1-8(24)7-23-15-10(13(16)22-23)5-9(6-18-15)19-14-12-11(20-21-14)3-2-4-17-12/h2-6,24H,1,7H2,(H2,19,20,21). The van der Waals surface area contributed by atoms with Gasteiger partial charge in [-0.2, -0.15) is 10.2 Å². The first-order valence-electron chi connectivity index (χ1n) is 7.07. The molecule has 4 rings (SSSR count). The van der Waals surface area contributed by atoms with Gasteiger partial charge >= 0.3 is 0 Å². The number of aromatic nitrogens is 6. The molecule has 4 heterocycles. The van der Waals surface area contributed by atoms with Crippen LogP contribution in [0.2, 0.25) is 5.15 Å². The summed E-state index contributed by atoms with van der Waals surface area (Å²) in [5.74, 6) is 0.577. The van der Waals surface area contributed by atoms with Gasteiger partial charge in [0, 0.05) is 6.20 Å². The number of aromatic amines is 1. The maximum Gasteiger partial charge on any atom is 0.178 e. The second kappa shape index (κ2) is 5.50. The highest BCUT2D eigenvalue weighted by Gasteiger charge is 2.13. The van der Waals surface area contributed by atoms with Crippen molar-refractivity contribution in [2.45, 2.75) is 6.54 Å². The summed E-state index contributed by atoms with van der Waals surface area (Å²) < 4.78 is 1.50. The van der Waals surface area contributed by atoms with E-state index in [-0.39, 0.29) is 12.3 Å². The van der Waals surface area contributed by atoms with Gasteiger partial charge in [0.25, 0.3) is 0 Å². The van der Waals surface area contributed by atoms with Crippen LogP contribution >= 0.6 is 11.6 Å². The molecule has 120 valence electrons. The van der Waals surface area contributed by atoms with Gasteiger partial charge in [0.1, 0.15) is 11.3 Å². The van der Waals surface area contributed by atoms with Crippen molar-refractivity contribution in [3.8, 4) is 0 Å². The summed E-state index contributed by atoms with van der Waals surface area (Å²) in [6.07, 6.45) is 3.34. The van der Waals surface area contributed by atoms with E-state index in [2.05, 4.69) is 37.2 Å². The highest BCUT2D eigenvalue weighted by atomic mass is 35.5. The van der Waals surface area contributed by atoms with E-state index in [1.54, 1.807) is 12.4 Å². The SMILES string of the molecule is C=C(O)Cn1nc(Cl)c2cc(Nc3n[nH]c4cccnc34)cnc21. The summed E-state index contributed by atoms with van der Waals surface area (Å²) in [4.78, 5) is 8.66. The first-order valence-corrected chi connectivity index (χ1v) is 7.44. The molecular formula is C15H12ClN7O. The molecule has 0 unspecified atom stereocenters. The minimum atomic E-state index is -0.0193. The fraction of sp³-hybridized carbons (Fsp3) is 0.0667.